The van der Waals surface area contributed by atoms with E-state index in [4.69, 9.17) is 5.73 Å². The Morgan fingerprint density at radius 2 is 1.70 bits per heavy atom. The highest BCUT2D eigenvalue weighted by atomic mass is 19.4. The summed E-state index contributed by atoms with van der Waals surface area (Å²) in [6, 6.07) is 10.7. The van der Waals surface area contributed by atoms with Crippen molar-refractivity contribution < 1.29 is 22.4 Å². The molecule has 0 bridgehead atoms. The lowest BCUT2D eigenvalue weighted by molar-refractivity contribution is -0.141. The van der Waals surface area contributed by atoms with E-state index in [1.807, 2.05) is 6.92 Å². The topological polar surface area (TPSA) is 60.9 Å². The number of carbonyl (C=O) groups excluding carboxylic acids is 1. The zero-order valence-corrected chi connectivity index (χ0v) is 14.4. The zero-order valence-electron chi connectivity index (χ0n) is 14.4. The van der Waals surface area contributed by atoms with Crippen molar-refractivity contribution in [3.8, 4) is 22.4 Å². The monoisotopic (exact) mass is 377 g/mol. The Hall–Kier alpha value is -3.16. The highest BCUT2D eigenvalue weighted by Crippen LogP contribution is 2.39. The third-order valence-electron chi connectivity index (χ3n) is 4.16. The highest BCUT2D eigenvalue weighted by molar-refractivity contribution is 6.02. The summed E-state index contributed by atoms with van der Waals surface area (Å²) in [5.41, 5.74) is 5.10. The van der Waals surface area contributed by atoms with Crippen LogP contribution in [0.25, 0.3) is 22.4 Å². The highest BCUT2D eigenvalue weighted by Gasteiger charge is 2.41. The van der Waals surface area contributed by atoms with Crippen LogP contribution in [0.1, 0.15) is 21.6 Å². The summed E-state index contributed by atoms with van der Waals surface area (Å²) in [6.07, 6.45) is -4.86. The predicted octanol–water partition coefficient (Wildman–Crippen LogP) is 4.32. The standard InChI is InChI=1S/C19H15F4N3O/c1-10-3-5-11(6-4-10)14-9-12(20)7-8-13(14)16-15(18(24)27)17(19(21,22)23)25-26(16)2/h3-9H,1-2H3,(H2,24,27). The number of carbonyl (C=O) groups is 1. The average Bonchev–Trinajstić information content (AvgIpc) is 2.93. The lowest BCUT2D eigenvalue weighted by atomic mass is 9.94. The normalized spacial score (nSPS) is 11.6. The number of hydrogen-bond donors (Lipinski definition) is 1. The van der Waals surface area contributed by atoms with Crippen LogP contribution in [-0.4, -0.2) is 15.7 Å². The van der Waals surface area contributed by atoms with Crippen LogP contribution in [0.2, 0.25) is 0 Å². The first kappa shape index (κ1) is 18.6. The van der Waals surface area contributed by atoms with Crippen molar-refractivity contribution >= 4 is 5.91 Å². The molecule has 2 aromatic carbocycles. The summed E-state index contributed by atoms with van der Waals surface area (Å²) >= 11 is 0. The molecule has 0 saturated heterocycles. The molecule has 1 aromatic heterocycles. The molecule has 140 valence electrons. The second kappa shape index (κ2) is 6.53. The van der Waals surface area contributed by atoms with Gasteiger partial charge in [0.1, 0.15) is 5.82 Å². The van der Waals surface area contributed by atoms with Crippen molar-refractivity contribution in [2.45, 2.75) is 13.1 Å². The maximum Gasteiger partial charge on any atom is 0.435 e. The van der Waals surface area contributed by atoms with Crippen molar-refractivity contribution in [2.24, 2.45) is 12.8 Å². The molecule has 3 aromatic rings. The summed E-state index contributed by atoms with van der Waals surface area (Å²) in [5, 5.41) is 3.45. The van der Waals surface area contributed by atoms with Crippen LogP contribution in [0.3, 0.4) is 0 Å². The third kappa shape index (κ3) is 3.42. The number of primary amides is 1. The smallest absolute Gasteiger partial charge is 0.365 e. The first-order valence-corrected chi connectivity index (χ1v) is 7.90. The first-order chi connectivity index (χ1) is 12.6. The summed E-state index contributed by atoms with van der Waals surface area (Å²) in [4.78, 5) is 11.8. The largest absolute Gasteiger partial charge is 0.435 e. The van der Waals surface area contributed by atoms with Crippen molar-refractivity contribution in [3.05, 3.63) is 65.1 Å². The second-order valence-corrected chi connectivity index (χ2v) is 6.11. The quantitative estimate of drug-likeness (QED) is 0.691. The molecule has 0 radical (unpaired) electrons. The van der Waals surface area contributed by atoms with Crippen LogP contribution in [0.5, 0.6) is 0 Å². The van der Waals surface area contributed by atoms with Crippen molar-refractivity contribution in [3.63, 3.8) is 0 Å². The van der Waals surface area contributed by atoms with Crippen molar-refractivity contribution in [2.75, 3.05) is 0 Å². The predicted molar refractivity (Wildman–Crippen MR) is 92.3 cm³/mol. The molecule has 0 aliphatic heterocycles. The van der Waals surface area contributed by atoms with Crippen LogP contribution in [0.15, 0.2) is 42.5 Å². The zero-order chi connectivity index (χ0) is 19.9. The van der Waals surface area contributed by atoms with Gasteiger partial charge in [0.25, 0.3) is 5.91 Å². The molecule has 27 heavy (non-hydrogen) atoms. The van der Waals surface area contributed by atoms with E-state index < -0.39 is 29.2 Å². The fourth-order valence-corrected chi connectivity index (χ4v) is 2.96. The maximum absolute atomic E-state index is 13.9. The number of alkyl halides is 3. The number of rotatable bonds is 3. The van der Waals surface area contributed by atoms with Gasteiger partial charge in [-0.25, -0.2) is 4.39 Å². The third-order valence-corrected chi connectivity index (χ3v) is 4.16. The van der Waals surface area contributed by atoms with E-state index in [9.17, 15) is 22.4 Å². The molecule has 8 heteroatoms. The molecular weight excluding hydrogens is 362 g/mol. The van der Waals surface area contributed by atoms with Gasteiger partial charge in [-0.3, -0.25) is 9.48 Å². The molecule has 0 spiro atoms. The minimum Gasteiger partial charge on any atom is -0.365 e. The molecule has 0 aliphatic rings. The molecular formula is C19H15F4N3O. The summed E-state index contributed by atoms with van der Waals surface area (Å²) in [5.74, 6) is -1.82. The van der Waals surface area contributed by atoms with Gasteiger partial charge >= 0.3 is 6.18 Å². The van der Waals surface area contributed by atoms with Crippen LogP contribution in [0, 0.1) is 12.7 Å². The number of nitrogens with two attached hydrogens (primary N) is 1. The lowest BCUT2D eigenvalue weighted by Gasteiger charge is -2.12. The van der Waals surface area contributed by atoms with Gasteiger partial charge in [0.05, 0.1) is 11.3 Å². The summed E-state index contributed by atoms with van der Waals surface area (Å²) < 4.78 is 54.7. The molecule has 0 unspecified atom stereocenters. The number of aryl methyl sites for hydroxylation is 2. The molecule has 3 rings (SSSR count). The molecule has 0 saturated carbocycles. The first-order valence-electron chi connectivity index (χ1n) is 7.90. The van der Waals surface area contributed by atoms with E-state index in [0.717, 1.165) is 16.3 Å². The van der Waals surface area contributed by atoms with Gasteiger partial charge in [0.2, 0.25) is 0 Å². The SMILES string of the molecule is Cc1ccc(-c2cc(F)ccc2-c2c(C(N)=O)c(C(F)(F)F)nn2C)cc1. The molecule has 0 fully saturated rings. The fourth-order valence-electron chi connectivity index (χ4n) is 2.96. The Bertz CT molecular complexity index is 1020. The number of halogens is 4. The molecule has 0 atom stereocenters. The van der Waals surface area contributed by atoms with Gasteiger partial charge in [-0.2, -0.15) is 18.3 Å². The maximum atomic E-state index is 13.9. The number of benzene rings is 2. The summed E-state index contributed by atoms with van der Waals surface area (Å²) in [6.45, 7) is 1.87. The number of amides is 1. The van der Waals surface area contributed by atoms with Crippen LogP contribution >= 0.6 is 0 Å². The number of aromatic nitrogens is 2. The van der Waals surface area contributed by atoms with Gasteiger partial charge in [-0.15, -0.1) is 0 Å². The van der Waals surface area contributed by atoms with Crippen LogP contribution in [0.4, 0.5) is 17.6 Å². The van der Waals surface area contributed by atoms with E-state index in [0.29, 0.717) is 11.1 Å². The van der Waals surface area contributed by atoms with E-state index in [1.54, 1.807) is 24.3 Å². The molecule has 1 amide bonds. The van der Waals surface area contributed by atoms with Gasteiger partial charge in [-0.1, -0.05) is 29.8 Å². The van der Waals surface area contributed by atoms with Crippen LogP contribution in [-0.2, 0) is 13.2 Å². The van der Waals surface area contributed by atoms with E-state index in [-0.39, 0.29) is 11.3 Å². The Labute approximate surface area is 152 Å². The van der Waals surface area contributed by atoms with Gasteiger partial charge < -0.3 is 5.73 Å². The number of hydrogen-bond acceptors (Lipinski definition) is 2. The van der Waals surface area contributed by atoms with Gasteiger partial charge in [0, 0.05) is 12.6 Å². The van der Waals surface area contributed by atoms with Gasteiger partial charge in [-0.05, 0) is 36.2 Å². The van der Waals surface area contributed by atoms with Gasteiger partial charge in [0.15, 0.2) is 5.69 Å². The lowest BCUT2D eigenvalue weighted by Crippen LogP contribution is -2.18. The van der Waals surface area contributed by atoms with E-state index in [2.05, 4.69) is 5.10 Å². The Morgan fingerprint density at radius 3 is 2.26 bits per heavy atom. The van der Waals surface area contributed by atoms with E-state index in [1.165, 1.54) is 19.2 Å². The van der Waals surface area contributed by atoms with E-state index >= 15 is 0 Å². The molecule has 0 aliphatic carbocycles. The minimum atomic E-state index is -4.86. The Morgan fingerprint density at radius 1 is 1.07 bits per heavy atom. The summed E-state index contributed by atoms with van der Waals surface area (Å²) in [7, 11) is 1.28. The Balaban J connectivity index is 2.34. The van der Waals surface area contributed by atoms with Crippen molar-refractivity contribution in [1.82, 2.24) is 9.78 Å². The Kier molecular flexibility index (Phi) is 4.51. The molecule has 1 heterocycles. The number of nitrogens with zero attached hydrogens (tertiary/aromatic N) is 2. The molecule has 4 nitrogen and oxygen atoms in total. The average molecular weight is 377 g/mol. The minimum absolute atomic E-state index is 0.120. The fraction of sp³-hybridized carbons (Fsp3) is 0.158. The second-order valence-electron chi connectivity index (χ2n) is 6.11. The van der Waals surface area contributed by atoms with Crippen LogP contribution < -0.4 is 5.73 Å². The van der Waals surface area contributed by atoms with Crippen molar-refractivity contribution in [1.29, 1.82) is 0 Å². The molecule has 2 N–H and O–H groups in total.